The normalized spacial score (nSPS) is 11.4. The fraction of sp³-hybridized carbons (Fsp3) is 0.435. The second-order valence-corrected chi connectivity index (χ2v) is 7.04. The third kappa shape index (κ3) is 5.02. The van der Waals surface area contributed by atoms with Crippen molar-refractivity contribution in [1.82, 2.24) is 4.98 Å². The van der Waals surface area contributed by atoms with Crippen molar-refractivity contribution in [3.63, 3.8) is 0 Å². The Morgan fingerprint density at radius 3 is 2.16 bits per heavy atom. The summed E-state index contributed by atoms with van der Waals surface area (Å²) in [6, 6.07) is 17.3. The summed E-state index contributed by atoms with van der Waals surface area (Å²) in [6.07, 6.45) is 11.6. The molecule has 0 radical (unpaired) electrons. The number of aromatic nitrogens is 1. The fourth-order valence-corrected chi connectivity index (χ4v) is 3.59. The number of para-hydroxylation sites is 2. The van der Waals surface area contributed by atoms with Gasteiger partial charge in [0, 0.05) is 10.8 Å². The number of benzene rings is 2. The van der Waals surface area contributed by atoms with Gasteiger partial charge < -0.3 is 5.73 Å². The first-order chi connectivity index (χ1) is 12.4. The number of aryl methyl sites for hydroxylation is 1. The highest BCUT2D eigenvalue weighted by molar-refractivity contribution is 5.94. The molecule has 0 aliphatic rings. The number of hydrogen-bond donors (Lipinski definition) is 1. The van der Waals surface area contributed by atoms with E-state index < -0.39 is 0 Å². The molecule has 25 heavy (non-hydrogen) atoms. The summed E-state index contributed by atoms with van der Waals surface area (Å²) >= 11 is 0. The van der Waals surface area contributed by atoms with Gasteiger partial charge in [-0.3, -0.25) is 0 Å². The highest BCUT2D eigenvalue weighted by atomic mass is 14.7. The van der Waals surface area contributed by atoms with Crippen LogP contribution in [0.4, 0.5) is 0 Å². The van der Waals surface area contributed by atoms with Gasteiger partial charge in [-0.25, -0.2) is 4.98 Å². The predicted molar refractivity (Wildman–Crippen MR) is 109 cm³/mol. The minimum Gasteiger partial charge on any atom is -0.330 e. The van der Waals surface area contributed by atoms with Gasteiger partial charge in [0.25, 0.3) is 0 Å². The second-order valence-electron chi connectivity index (χ2n) is 7.04. The van der Waals surface area contributed by atoms with Gasteiger partial charge in [0.2, 0.25) is 0 Å². The van der Waals surface area contributed by atoms with Crippen LogP contribution in [0.5, 0.6) is 0 Å². The molecular weight excluding hydrogens is 304 g/mol. The summed E-state index contributed by atoms with van der Waals surface area (Å²) < 4.78 is 0. The lowest BCUT2D eigenvalue weighted by molar-refractivity contribution is 0.570. The van der Waals surface area contributed by atoms with Crippen LogP contribution in [-0.4, -0.2) is 11.5 Å². The van der Waals surface area contributed by atoms with E-state index >= 15 is 0 Å². The summed E-state index contributed by atoms with van der Waals surface area (Å²) in [4.78, 5) is 4.92. The molecule has 0 unspecified atom stereocenters. The molecule has 0 bridgehead atoms. The van der Waals surface area contributed by atoms with E-state index in [0.29, 0.717) is 0 Å². The number of rotatable bonds is 10. The van der Waals surface area contributed by atoms with Gasteiger partial charge in [-0.15, -0.1) is 0 Å². The minimum atomic E-state index is 0.842. The molecule has 2 nitrogen and oxygen atoms in total. The minimum absolute atomic E-state index is 0.842. The Kier molecular flexibility index (Phi) is 6.81. The summed E-state index contributed by atoms with van der Waals surface area (Å²) in [5.41, 5.74) is 9.20. The Morgan fingerprint density at radius 1 is 0.680 bits per heavy atom. The van der Waals surface area contributed by atoms with Gasteiger partial charge in [-0.1, -0.05) is 74.9 Å². The predicted octanol–water partition coefficient (Wildman–Crippen LogP) is 6.01. The van der Waals surface area contributed by atoms with Gasteiger partial charge in [0.15, 0.2) is 0 Å². The largest absolute Gasteiger partial charge is 0.330 e. The number of nitrogens with zero attached hydrogens (tertiary/aromatic N) is 1. The highest BCUT2D eigenvalue weighted by Gasteiger charge is 2.04. The highest BCUT2D eigenvalue weighted by Crippen LogP contribution is 2.23. The molecule has 0 saturated heterocycles. The average molecular weight is 335 g/mol. The maximum Gasteiger partial charge on any atom is 0.0741 e. The van der Waals surface area contributed by atoms with Crippen molar-refractivity contribution in [2.45, 2.75) is 57.8 Å². The average Bonchev–Trinajstić information content (AvgIpc) is 2.65. The first kappa shape index (κ1) is 17.9. The van der Waals surface area contributed by atoms with Crippen molar-refractivity contribution in [2.24, 2.45) is 5.73 Å². The van der Waals surface area contributed by atoms with Gasteiger partial charge in [-0.2, -0.15) is 0 Å². The van der Waals surface area contributed by atoms with E-state index in [4.69, 9.17) is 10.7 Å². The zero-order valence-corrected chi connectivity index (χ0v) is 15.2. The van der Waals surface area contributed by atoms with Crippen molar-refractivity contribution in [2.75, 3.05) is 6.54 Å². The van der Waals surface area contributed by atoms with Gasteiger partial charge >= 0.3 is 0 Å². The molecule has 132 valence electrons. The summed E-state index contributed by atoms with van der Waals surface area (Å²) in [7, 11) is 0. The van der Waals surface area contributed by atoms with Crippen LogP contribution in [0.15, 0.2) is 48.5 Å². The molecule has 1 heterocycles. The molecule has 2 aromatic carbocycles. The summed E-state index contributed by atoms with van der Waals surface area (Å²) in [5, 5.41) is 2.48. The van der Waals surface area contributed by atoms with Crippen LogP contribution >= 0.6 is 0 Å². The molecule has 3 rings (SSSR count). The lowest BCUT2D eigenvalue weighted by Gasteiger charge is -2.08. The third-order valence-electron chi connectivity index (χ3n) is 5.03. The van der Waals surface area contributed by atoms with E-state index in [0.717, 1.165) is 18.5 Å². The standard InChI is InChI=1S/C23H30N2/c24-17-10-6-4-2-1-3-5-7-12-19-14-11-15-21-18-20-13-8-9-16-22(20)25-23(19)21/h8-9,11,13-16,18H,1-7,10,12,17,24H2. The van der Waals surface area contributed by atoms with Crippen LogP contribution in [0.25, 0.3) is 21.8 Å². The zero-order valence-electron chi connectivity index (χ0n) is 15.2. The van der Waals surface area contributed by atoms with Gasteiger partial charge in [0.05, 0.1) is 11.0 Å². The summed E-state index contributed by atoms with van der Waals surface area (Å²) in [5.74, 6) is 0. The molecule has 0 atom stereocenters. The molecule has 0 aliphatic heterocycles. The van der Waals surface area contributed by atoms with Crippen LogP contribution in [0.3, 0.4) is 0 Å². The number of nitrogens with two attached hydrogens (primary N) is 1. The lowest BCUT2D eigenvalue weighted by Crippen LogP contribution is -1.97. The van der Waals surface area contributed by atoms with Crippen molar-refractivity contribution in [3.8, 4) is 0 Å². The van der Waals surface area contributed by atoms with E-state index in [1.807, 2.05) is 0 Å². The molecule has 0 fully saturated rings. The SMILES string of the molecule is NCCCCCCCCCCc1cccc2cc3ccccc3nc12. The Balaban J connectivity index is 1.52. The first-order valence-corrected chi connectivity index (χ1v) is 9.86. The first-order valence-electron chi connectivity index (χ1n) is 9.86. The van der Waals surface area contributed by atoms with E-state index in [9.17, 15) is 0 Å². The molecule has 0 aliphatic carbocycles. The molecule has 2 N–H and O–H groups in total. The van der Waals surface area contributed by atoms with Crippen molar-refractivity contribution in [1.29, 1.82) is 0 Å². The molecule has 1 aromatic heterocycles. The topological polar surface area (TPSA) is 38.9 Å². The molecule has 0 saturated carbocycles. The zero-order chi connectivity index (χ0) is 17.3. The molecule has 3 aromatic rings. The fourth-order valence-electron chi connectivity index (χ4n) is 3.59. The molecule has 0 spiro atoms. The third-order valence-corrected chi connectivity index (χ3v) is 5.03. The Bertz CT molecular complexity index is 794. The number of fused-ring (bicyclic) bond motifs is 2. The molecule has 0 amide bonds. The van der Waals surface area contributed by atoms with Crippen LogP contribution < -0.4 is 5.73 Å². The Morgan fingerprint density at radius 2 is 1.36 bits per heavy atom. The number of hydrogen-bond acceptors (Lipinski definition) is 2. The van der Waals surface area contributed by atoms with Crippen LogP contribution in [0.1, 0.15) is 56.9 Å². The van der Waals surface area contributed by atoms with Crippen LogP contribution in [0, 0.1) is 0 Å². The van der Waals surface area contributed by atoms with Crippen LogP contribution in [0.2, 0.25) is 0 Å². The molecular formula is C23H30N2. The van der Waals surface area contributed by atoms with Crippen LogP contribution in [-0.2, 0) is 6.42 Å². The molecule has 2 heteroatoms. The monoisotopic (exact) mass is 334 g/mol. The second kappa shape index (κ2) is 9.53. The number of unbranched alkanes of at least 4 members (excludes halogenated alkanes) is 7. The van der Waals surface area contributed by atoms with Gasteiger partial charge in [-0.05, 0) is 43.5 Å². The lowest BCUT2D eigenvalue weighted by atomic mass is 10.0. The van der Waals surface area contributed by atoms with Crippen molar-refractivity contribution < 1.29 is 0 Å². The quantitative estimate of drug-likeness (QED) is 0.364. The Hall–Kier alpha value is -1.93. The maximum atomic E-state index is 5.53. The van der Waals surface area contributed by atoms with E-state index in [-0.39, 0.29) is 0 Å². The van der Waals surface area contributed by atoms with E-state index in [2.05, 4.69) is 48.5 Å². The summed E-state index contributed by atoms with van der Waals surface area (Å²) in [6.45, 7) is 0.842. The van der Waals surface area contributed by atoms with Crippen molar-refractivity contribution in [3.05, 3.63) is 54.1 Å². The van der Waals surface area contributed by atoms with Gasteiger partial charge in [0.1, 0.15) is 0 Å². The maximum absolute atomic E-state index is 5.53. The van der Waals surface area contributed by atoms with E-state index in [1.54, 1.807) is 0 Å². The smallest absolute Gasteiger partial charge is 0.0741 e. The number of pyridine rings is 1. The van der Waals surface area contributed by atoms with Crippen molar-refractivity contribution >= 4 is 21.8 Å². The van der Waals surface area contributed by atoms with E-state index in [1.165, 1.54) is 73.2 Å². The Labute approximate surface area is 151 Å².